The number of nitrogens with zero attached hydrogens (tertiary/aromatic N) is 1. The standard InChI is InChI=1S/C26H22N2O5/c29-22(17-5-2-1-3-6-17)18-8-10-20(11-9-18)27-24(30)19-12-14-26(15-13-19)23-21(25(31)33-26)7-4-16-28(23)32/h1-11,16,19H,12-15H2,(H,27,30)/t19-,26+. The predicted molar refractivity (Wildman–Crippen MR) is 119 cm³/mol. The fourth-order valence-corrected chi connectivity index (χ4v) is 4.77. The average molecular weight is 442 g/mol. The molecule has 7 heteroatoms. The molecule has 1 aliphatic heterocycles. The fraction of sp³-hybridized carbons (Fsp3) is 0.231. The number of pyridine rings is 1. The first-order chi connectivity index (χ1) is 16.0. The van der Waals surface area contributed by atoms with Gasteiger partial charge < -0.3 is 15.3 Å². The van der Waals surface area contributed by atoms with Crippen LogP contribution in [0.1, 0.15) is 57.7 Å². The van der Waals surface area contributed by atoms with Crippen LogP contribution < -0.4 is 10.0 Å². The number of fused-ring (bicyclic) bond motifs is 2. The summed E-state index contributed by atoms with van der Waals surface area (Å²) < 4.78 is 6.34. The molecule has 0 atom stereocenters. The van der Waals surface area contributed by atoms with Gasteiger partial charge in [0.2, 0.25) is 5.91 Å². The Bertz CT molecular complexity index is 1230. The van der Waals surface area contributed by atoms with E-state index in [2.05, 4.69) is 5.32 Å². The van der Waals surface area contributed by atoms with Crippen LogP contribution in [0.25, 0.3) is 0 Å². The van der Waals surface area contributed by atoms with Crippen molar-refractivity contribution >= 4 is 23.3 Å². The van der Waals surface area contributed by atoms with E-state index in [1.807, 2.05) is 18.2 Å². The smallest absolute Gasteiger partial charge is 0.345 e. The zero-order chi connectivity index (χ0) is 23.0. The van der Waals surface area contributed by atoms with Crippen LogP contribution in [0.3, 0.4) is 0 Å². The summed E-state index contributed by atoms with van der Waals surface area (Å²) >= 11 is 0. The maximum absolute atomic E-state index is 12.8. The van der Waals surface area contributed by atoms with E-state index in [9.17, 15) is 19.6 Å². The Labute approximate surface area is 190 Å². The molecule has 0 unspecified atom stereocenters. The second-order valence-corrected chi connectivity index (χ2v) is 8.52. The summed E-state index contributed by atoms with van der Waals surface area (Å²) in [5.74, 6) is -0.941. The van der Waals surface area contributed by atoms with Crippen molar-refractivity contribution in [2.75, 3.05) is 5.32 Å². The highest BCUT2D eigenvalue weighted by Crippen LogP contribution is 2.46. The van der Waals surface area contributed by atoms with E-state index in [0.29, 0.717) is 58.5 Å². The molecule has 0 radical (unpaired) electrons. The number of anilines is 1. The maximum atomic E-state index is 12.8. The SMILES string of the molecule is O=C(c1ccccc1)c1ccc(NC(=O)[C@H]2CC[C@]3(CC2)OC(=O)c2ccc[n+]([O-])c23)cc1. The Balaban J connectivity index is 1.23. The minimum absolute atomic E-state index is 0.0759. The highest BCUT2D eigenvalue weighted by Gasteiger charge is 2.54. The zero-order valence-corrected chi connectivity index (χ0v) is 17.8. The molecule has 1 fully saturated rings. The number of ether oxygens (including phenoxy) is 1. The van der Waals surface area contributed by atoms with Crippen LogP contribution in [0.2, 0.25) is 0 Å². The summed E-state index contributed by atoms with van der Waals surface area (Å²) in [5.41, 5.74) is 1.48. The minimum Gasteiger partial charge on any atom is -0.618 e. The lowest BCUT2D eigenvalue weighted by Gasteiger charge is -2.33. The summed E-state index contributed by atoms with van der Waals surface area (Å²) in [5, 5.41) is 15.2. The van der Waals surface area contributed by atoms with E-state index in [4.69, 9.17) is 4.74 Å². The molecule has 1 aliphatic carbocycles. The molecule has 7 nitrogen and oxygen atoms in total. The third kappa shape index (κ3) is 3.75. The van der Waals surface area contributed by atoms with Crippen LogP contribution in [-0.4, -0.2) is 17.7 Å². The number of carbonyl (C=O) groups is 3. The van der Waals surface area contributed by atoms with Crippen molar-refractivity contribution in [2.24, 2.45) is 5.92 Å². The van der Waals surface area contributed by atoms with Crippen LogP contribution in [0.5, 0.6) is 0 Å². The van der Waals surface area contributed by atoms with Crippen LogP contribution >= 0.6 is 0 Å². The molecule has 0 saturated heterocycles. The lowest BCUT2D eigenvalue weighted by Crippen LogP contribution is -2.44. The number of carbonyl (C=O) groups excluding carboxylic acids is 3. The lowest BCUT2D eigenvalue weighted by atomic mass is 9.76. The van der Waals surface area contributed by atoms with E-state index in [1.54, 1.807) is 42.5 Å². The van der Waals surface area contributed by atoms with Gasteiger partial charge >= 0.3 is 5.97 Å². The fourth-order valence-electron chi connectivity index (χ4n) is 4.77. The number of hydrogen-bond donors (Lipinski definition) is 1. The highest BCUT2D eigenvalue weighted by molar-refractivity contribution is 6.09. The number of benzene rings is 2. The summed E-state index contributed by atoms with van der Waals surface area (Å²) in [6.07, 6.45) is 3.20. The van der Waals surface area contributed by atoms with Gasteiger partial charge in [-0.05, 0) is 56.0 Å². The highest BCUT2D eigenvalue weighted by atomic mass is 16.6. The molecule has 3 aromatic rings. The average Bonchev–Trinajstić information content (AvgIpc) is 3.12. The molecule has 1 N–H and O–H groups in total. The first kappa shape index (κ1) is 20.9. The predicted octanol–water partition coefficient (Wildman–Crippen LogP) is 3.75. The molecule has 0 bridgehead atoms. The van der Waals surface area contributed by atoms with Crippen molar-refractivity contribution in [1.29, 1.82) is 0 Å². The van der Waals surface area contributed by atoms with E-state index >= 15 is 0 Å². The van der Waals surface area contributed by atoms with Crippen molar-refractivity contribution in [3.8, 4) is 0 Å². The van der Waals surface area contributed by atoms with Gasteiger partial charge in [-0.2, -0.15) is 4.73 Å². The minimum atomic E-state index is -0.953. The molecular weight excluding hydrogens is 420 g/mol. The Hall–Kier alpha value is -4.00. The van der Waals surface area contributed by atoms with E-state index in [-0.39, 0.29) is 17.6 Å². The molecule has 2 aliphatic rings. The van der Waals surface area contributed by atoms with Crippen molar-refractivity contribution < 1.29 is 23.9 Å². The molecule has 1 spiro atoms. The summed E-state index contributed by atoms with van der Waals surface area (Å²) in [6, 6.07) is 19.0. The molecule has 1 aromatic heterocycles. The van der Waals surface area contributed by atoms with Gasteiger partial charge in [0.05, 0.1) is 0 Å². The number of esters is 1. The molecular formula is C26H22N2O5. The quantitative estimate of drug-likeness (QED) is 0.287. The van der Waals surface area contributed by atoms with Gasteiger partial charge in [0.1, 0.15) is 5.56 Å². The zero-order valence-electron chi connectivity index (χ0n) is 17.8. The third-order valence-electron chi connectivity index (χ3n) is 6.51. The van der Waals surface area contributed by atoms with Gasteiger partial charge in [0.25, 0.3) is 5.69 Å². The molecule has 2 aromatic carbocycles. The lowest BCUT2D eigenvalue weighted by molar-refractivity contribution is -0.621. The Morgan fingerprint density at radius 2 is 1.61 bits per heavy atom. The normalized spacial score (nSPS) is 21.3. The van der Waals surface area contributed by atoms with Crippen molar-refractivity contribution in [3.05, 3.63) is 101 Å². The van der Waals surface area contributed by atoms with Crippen molar-refractivity contribution in [1.82, 2.24) is 0 Å². The van der Waals surface area contributed by atoms with Crippen molar-refractivity contribution in [2.45, 2.75) is 31.3 Å². The van der Waals surface area contributed by atoms with Gasteiger partial charge in [-0.3, -0.25) is 9.59 Å². The number of ketones is 1. The van der Waals surface area contributed by atoms with Gasteiger partial charge in [-0.25, -0.2) is 4.79 Å². The summed E-state index contributed by atoms with van der Waals surface area (Å²) in [6.45, 7) is 0. The Morgan fingerprint density at radius 3 is 2.30 bits per heavy atom. The first-order valence-corrected chi connectivity index (χ1v) is 10.9. The second kappa shape index (κ2) is 8.16. The Morgan fingerprint density at radius 1 is 0.939 bits per heavy atom. The molecule has 1 amide bonds. The molecule has 33 heavy (non-hydrogen) atoms. The maximum Gasteiger partial charge on any atom is 0.345 e. The second-order valence-electron chi connectivity index (χ2n) is 8.52. The monoisotopic (exact) mass is 442 g/mol. The van der Waals surface area contributed by atoms with Crippen LogP contribution in [0.4, 0.5) is 5.69 Å². The van der Waals surface area contributed by atoms with Gasteiger partial charge in [-0.1, -0.05) is 30.3 Å². The number of hydrogen-bond acceptors (Lipinski definition) is 5. The van der Waals surface area contributed by atoms with Crippen LogP contribution in [-0.2, 0) is 15.1 Å². The van der Waals surface area contributed by atoms with Crippen LogP contribution in [0.15, 0.2) is 72.9 Å². The van der Waals surface area contributed by atoms with E-state index in [0.717, 1.165) is 0 Å². The number of nitrogens with one attached hydrogen (secondary N) is 1. The Kier molecular flexibility index (Phi) is 5.17. The molecule has 5 rings (SSSR count). The summed E-state index contributed by atoms with van der Waals surface area (Å²) in [4.78, 5) is 37.6. The van der Waals surface area contributed by atoms with E-state index in [1.165, 1.54) is 12.3 Å². The van der Waals surface area contributed by atoms with Crippen molar-refractivity contribution in [3.63, 3.8) is 0 Å². The topological polar surface area (TPSA) is 99.4 Å². The number of rotatable bonds is 4. The third-order valence-corrected chi connectivity index (χ3v) is 6.51. The first-order valence-electron chi connectivity index (χ1n) is 10.9. The number of aromatic nitrogens is 1. The molecule has 2 heterocycles. The van der Waals surface area contributed by atoms with Crippen LogP contribution in [0, 0.1) is 11.1 Å². The van der Waals surface area contributed by atoms with Gasteiger partial charge in [-0.15, -0.1) is 0 Å². The van der Waals surface area contributed by atoms with Gasteiger partial charge in [0.15, 0.2) is 17.6 Å². The number of amides is 1. The summed E-state index contributed by atoms with van der Waals surface area (Å²) in [7, 11) is 0. The molecule has 166 valence electrons. The van der Waals surface area contributed by atoms with E-state index < -0.39 is 11.6 Å². The molecule has 1 saturated carbocycles. The van der Waals surface area contributed by atoms with Gasteiger partial charge in [0, 0.05) is 28.8 Å². The largest absolute Gasteiger partial charge is 0.618 e.